The van der Waals surface area contributed by atoms with Crippen LogP contribution in [0, 0.1) is 0 Å². The minimum atomic E-state index is 0.214. The highest BCUT2D eigenvalue weighted by Gasteiger charge is 2.24. The first-order valence-corrected chi connectivity index (χ1v) is 8.31. The Labute approximate surface area is 135 Å². The Morgan fingerprint density at radius 1 is 1.00 bits per heavy atom. The van der Waals surface area contributed by atoms with Crippen LogP contribution in [0.3, 0.4) is 0 Å². The van der Waals surface area contributed by atoms with Gasteiger partial charge in [0.1, 0.15) is 0 Å². The molecule has 1 aliphatic heterocycles. The quantitative estimate of drug-likeness (QED) is 0.742. The molecule has 1 heterocycles. The van der Waals surface area contributed by atoms with Crippen LogP contribution in [-0.4, -0.2) is 23.9 Å². The van der Waals surface area contributed by atoms with Gasteiger partial charge in [0, 0.05) is 29.6 Å². The normalized spacial score (nSPS) is 18.1. The molecule has 0 aromatic heterocycles. The number of piperidine rings is 1. The van der Waals surface area contributed by atoms with Gasteiger partial charge in [-0.15, -0.1) is 0 Å². The number of hydrogen-bond donors (Lipinski definition) is 0. The van der Waals surface area contributed by atoms with Crippen molar-refractivity contribution in [1.29, 1.82) is 0 Å². The van der Waals surface area contributed by atoms with Crippen LogP contribution in [0.15, 0.2) is 29.3 Å². The lowest BCUT2D eigenvalue weighted by Gasteiger charge is -2.28. The summed E-state index contributed by atoms with van der Waals surface area (Å²) in [5.41, 5.74) is 4.13. The molecule has 3 rings (SSSR count). The zero-order valence-electron chi connectivity index (χ0n) is 12.0. The van der Waals surface area contributed by atoms with Gasteiger partial charge in [-0.1, -0.05) is 40.4 Å². The second-order valence-electron chi connectivity index (χ2n) is 5.79. The van der Waals surface area contributed by atoms with Crippen molar-refractivity contribution in [3.63, 3.8) is 0 Å². The Morgan fingerprint density at radius 2 is 1.57 bits per heavy atom. The number of nitrogens with zero attached hydrogens (tertiary/aromatic N) is 1. The number of rotatable bonds is 3. The molecule has 1 amide bonds. The third-order valence-corrected chi connectivity index (χ3v) is 5.08. The van der Waals surface area contributed by atoms with E-state index in [2.05, 4.69) is 0 Å². The Balaban J connectivity index is 1.54. The molecule has 1 saturated heterocycles. The Kier molecular flexibility index (Phi) is 4.56. The van der Waals surface area contributed by atoms with Crippen LogP contribution in [0.25, 0.3) is 0 Å². The van der Waals surface area contributed by atoms with Crippen LogP contribution in [0.4, 0.5) is 0 Å². The first-order valence-electron chi connectivity index (χ1n) is 7.55. The Hall–Kier alpha value is -0.990. The van der Waals surface area contributed by atoms with E-state index in [1.54, 1.807) is 11.1 Å². The topological polar surface area (TPSA) is 20.3 Å². The summed E-state index contributed by atoms with van der Waals surface area (Å²) < 4.78 is 0. The van der Waals surface area contributed by atoms with Gasteiger partial charge >= 0.3 is 0 Å². The summed E-state index contributed by atoms with van der Waals surface area (Å²) in [7, 11) is 0. The fraction of sp³-hybridized carbons (Fsp3) is 0.471. The van der Waals surface area contributed by atoms with E-state index in [4.69, 9.17) is 23.2 Å². The number of amides is 1. The molecule has 21 heavy (non-hydrogen) atoms. The number of likely N-dealkylation sites (tertiary alicyclic amines) is 1. The average Bonchev–Trinajstić information content (AvgIpc) is 3.31. The first kappa shape index (κ1) is 14.9. The molecular weight excluding hydrogens is 305 g/mol. The van der Waals surface area contributed by atoms with E-state index in [0.29, 0.717) is 22.9 Å². The molecule has 0 radical (unpaired) electrons. The molecule has 0 atom stereocenters. The molecule has 0 bridgehead atoms. The fourth-order valence-corrected chi connectivity index (χ4v) is 3.54. The molecule has 1 aromatic carbocycles. The van der Waals surface area contributed by atoms with Crippen molar-refractivity contribution < 1.29 is 4.79 Å². The fourth-order valence-electron chi connectivity index (χ4n) is 2.96. The summed E-state index contributed by atoms with van der Waals surface area (Å²) in [5, 5.41) is 1.30. The molecule has 1 saturated carbocycles. The van der Waals surface area contributed by atoms with E-state index in [1.807, 2.05) is 23.1 Å². The maximum atomic E-state index is 12.3. The second-order valence-corrected chi connectivity index (χ2v) is 6.60. The number of carbonyl (C=O) groups is 1. The van der Waals surface area contributed by atoms with Crippen LogP contribution in [0.5, 0.6) is 0 Å². The van der Waals surface area contributed by atoms with Crippen molar-refractivity contribution in [2.75, 3.05) is 13.1 Å². The van der Waals surface area contributed by atoms with E-state index in [1.165, 1.54) is 12.8 Å². The van der Waals surface area contributed by atoms with Crippen molar-refractivity contribution >= 4 is 29.1 Å². The van der Waals surface area contributed by atoms with Crippen molar-refractivity contribution in [2.45, 2.75) is 38.5 Å². The summed E-state index contributed by atoms with van der Waals surface area (Å²) in [6.45, 7) is 1.74. The standard InChI is InChI=1S/C17H19Cl2NO/c18-15-2-1-3-16(19)14(15)6-7-17(21)20-10-8-13(9-11-20)12-4-5-12/h1-3H,4-11H2. The van der Waals surface area contributed by atoms with Crippen molar-refractivity contribution in [1.82, 2.24) is 4.90 Å². The lowest BCUT2D eigenvalue weighted by Crippen LogP contribution is -2.36. The van der Waals surface area contributed by atoms with E-state index >= 15 is 0 Å². The Bertz CT molecular complexity index is 558. The molecule has 0 spiro atoms. The van der Waals surface area contributed by atoms with Crippen molar-refractivity contribution in [3.05, 3.63) is 45.0 Å². The monoisotopic (exact) mass is 323 g/mol. The lowest BCUT2D eigenvalue weighted by atomic mass is 10.0. The van der Waals surface area contributed by atoms with Gasteiger partial charge in [-0.25, -0.2) is 0 Å². The summed E-state index contributed by atoms with van der Waals surface area (Å²) in [5.74, 6) is 0.214. The largest absolute Gasteiger partial charge is 0.342 e. The first-order chi connectivity index (χ1) is 10.1. The minimum Gasteiger partial charge on any atom is -0.342 e. The molecule has 2 aliphatic rings. The van der Waals surface area contributed by atoms with E-state index in [9.17, 15) is 4.79 Å². The van der Waals surface area contributed by atoms with Crippen LogP contribution < -0.4 is 0 Å². The molecule has 0 N–H and O–H groups in total. The zero-order valence-corrected chi connectivity index (χ0v) is 13.5. The van der Waals surface area contributed by atoms with Gasteiger partial charge in [-0.2, -0.15) is 0 Å². The summed E-state index contributed by atoms with van der Waals surface area (Å²) in [6.07, 6.45) is 5.79. The van der Waals surface area contributed by atoms with Gasteiger partial charge < -0.3 is 4.90 Å². The zero-order chi connectivity index (χ0) is 14.8. The number of halogens is 2. The maximum Gasteiger partial charge on any atom is 0.222 e. The third-order valence-electron chi connectivity index (χ3n) is 4.37. The van der Waals surface area contributed by atoms with Crippen LogP contribution in [0.1, 0.15) is 37.7 Å². The van der Waals surface area contributed by atoms with Crippen molar-refractivity contribution in [2.24, 2.45) is 0 Å². The molecule has 0 unspecified atom stereocenters. The minimum absolute atomic E-state index is 0.214. The highest BCUT2D eigenvalue weighted by Crippen LogP contribution is 2.36. The number of hydrogen-bond acceptors (Lipinski definition) is 1. The van der Waals surface area contributed by atoms with Gasteiger partial charge in [-0.3, -0.25) is 4.79 Å². The van der Waals surface area contributed by atoms with Gasteiger partial charge in [0.05, 0.1) is 0 Å². The SMILES string of the molecule is O=C(CCc1c(Cl)cccc1Cl)N1CCC(=C2CC2)CC1. The van der Waals surface area contributed by atoms with Crippen LogP contribution in [-0.2, 0) is 11.2 Å². The van der Waals surface area contributed by atoms with E-state index in [-0.39, 0.29) is 5.91 Å². The van der Waals surface area contributed by atoms with Gasteiger partial charge in [0.15, 0.2) is 0 Å². The average molecular weight is 324 g/mol. The smallest absolute Gasteiger partial charge is 0.222 e. The van der Waals surface area contributed by atoms with Gasteiger partial charge in [0.25, 0.3) is 0 Å². The van der Waals surface area contributed by atoms with E-state index < -0.39 is 0 Å². The highest BCUT2D eigenvalue weighted by molar-refractivity contribution is 6.36. The molecular formula is C17H19Cl2NO. The van der Waals surface area contributed by atoms with Gasteiger partial charge in [-0.05, 0) is 49.8 Å². The van der Waals surface area contributed by atoms with Crippen LogP contribution in [0.2, 0.25) is 10.0 Å². The molecule has 1 aliphatic carbocycles. The van der Waals surface area contributed by atoms with Gasteiger partial charge in [0.2, 0.25) is 5.91 Å². The Morgan fingerprint density at radius 3 is 2.14 bits per heavy atom. The lowest BCUT2D eigenvalue weighted by molar-refractivity contribution is -0.131. The molecule has 2 nitrogen and oxygen atoms in total. The molecule has 1 aromatic rings. The maximum absolute atomic E-state index is 12.3. The summed E-state index contributed by atoms with van der Waals surface area (Å²) >= 11 is 12.3. The second kappa shape index (κ2) is 6.41. The highest BCUT2D eigenvalue weighted by atomic mass is 35.5. The molecule has 112 valence electrons. The summed E-state index contributed by atoms with van der Waals surface area (Å²) in [6, 6.07) is 5.47. The molecule has 2 fully saturated rings. The third kappa shape index (κ3) is 3.61. The summed E-state index contributed by atoms with van der Waals surface area (Å²) in [4.78, 5) is 14.3. The predicted octanol–water partition coefficient (Wildman–Crippen LogP) is 4.64. The number of allylic oxidation sites excluding steroid dienone is 1. The van der Waals surface area contributed by atoms with Crippen LogP contribution >= 0.6 is 23.2 Å². The molecule has 4 heteroatoms. The number of benzene rings is 1. The van der Waals surface area contributed by atoms with Crippen molar-refractivity contribution in [3.8, 4) is 0 Å². The predicted molar refractivity (Wildman–Crippen MR) is 86.9 cm³/mol. The number of carbonyl (C=O) groups excluding carboxylic acids is 1. The van der Waals surface area contributed by atoms with E-state index in [0.717, 1.165) is 31.5 Å².